The lowest BCUT2D eigenvalue weighted by atomic mass is 10.3. The maximum Gasteiger partial charge on any atom is 0.245 e. The van der Waals surface area contributed by atoms with Gasteiger partial charge in [0, 0.05) is 11.8 Å². The largest absolute Gasteiger partial charge is 0.293 e. The molecule has 0 aliphatic rings. The van der Waals surface area contributed by atoms with Gasteiger partial charge in [0.2, 0.25) is 5.91 Å². The number of carbonyl (C=O) groups excluding carboxylic acids is 2. The Morgan fingerprint density at radius 1 is 1.47 bits per heavy atom. The third-order valence-electron chi connectivity index (χ3n) is 1.77. The Balaban J connectivity index is 2.44. The van der Waals surface area contributed by atoms with Crippen molar-refractivity contribution in [3.63, 3.8) is 0 Å². The Morgan fingerprint density at radius 2 is 2.20 bits per heavy atom. The first-order valence-corrected chi connectivity index (χ1v) is 5.34. The monoisotopic (exact) mass is 224 g/mol. The average Bonchev–Trinajstić information content (AvgIpc) is 2.66. The molecule has 0 aliphatic heterocycles. The summed E-state index contributed by atoms with van der Waals surface area (Å²) in [6, 6.07) is 3.77. The van der Waals surface area contributed by atoms with Crippen LogP contribution in [-0.4, -0.2) is 17.4 Å². The summed E-state index contributed by atoms with van der Waals surface area (Å²) in [6.45, 7) is 2.97. The molecule has 0 saturated carbocycles. The van der Waals surface area contributed by atoms with Crippen LogP contribution in [0.4, 0.5) is 0 Å². The highest BCUT2D eigenvalue weighted by Gasteiger charge is 2.04. The number of ketones is 1. The molecule has 1 heterocycles. The number of thiophene rings is 1. The molecule has 0 saturated heterocycles. The van der Waals surface area contributed by atoms with Gasteiger partial charge in [-0.1, -0.05) is 6.07 Å². The maximum atomic E-state index is 11.3. The summed E-state index contributed by atoms with van der Waals surface area (Å²) in [4.78, 5) is 23.1. The zero-order valence-electron chi connectivity index (χ0n) is 8.61. The summed E-state index contributed by atoms with van der Waals surface area (Å²) < 4.78 is 0. The standard InChI is InChI=1S/C10H12N2O2S/c1-7(8(2)13)11-12-10(14)6-9-4-3-5-15-9/h3-5H,6H2,1-2H3,(H,12,14). The molecule has 0 aliphatic carbocycles. The average molecular weight is 224 g/mol. The summed E-state index contributed by atoms with van der Waals surface area (Å²) in [6.07, 6.45) is 0.298. The van der Waals surface area contributed by atoms with E-state index in [4.69, 9.17) is 0 Å². The highest BCUT2D eigenvalue weighted by molar-refractivity contribution is 7.10. The molecule has 1 aromatic heterocycles. The van der Waals surface area contributed by atoms with Crippen molar-refractivity contribution in [2.45, 2.75) is 20.3 Å². The molecule has 0 radical (unpaired) electrons. The van der Waals surface area contributed by atoms with Crippen LogP contribution in [0.3, 0.4) is 0 Å². The summed E-state index contributed by atoms with van der Waals surface area (Å²) in [5.41, 5.74) is 2.64. The second kappa shape index (κ2) is 5.41. The Kier molecular flexibility index (Phi) is 4.17. The minimum Gasteiger partial charge on any atom is -0.293 e. The van der Waals surface area contributed by atoms with Gasteiger partial charge in [-0.3, -0.25) is 9.59 Å². The molecule has 1 amide bonds. The van der Waals surface area contributed by atoms with Crippen LogP contribution in [0.25, 0.3) is 0 Å². The molecule has 5 heteroatoms. The van der Waals surface area contributed by atoms with Crippen molar-refractivity contribution in [3.05, 3.63) is 22.4 Å². The molecule has 0 aromatic carbocycles. The molecule has 0 fully saturated rings. The molecule has 1 N–H and O–H groups in total. The number of nitrogens with zero attached hydrogens (tertiary/aromatic N) is 1. The van der Waals surface area contributed by atoms with E-state index in [0.717, 1.165) is 4.88 Å². The van der Waals surface area contributed by atoms with Crippen molar-refractivity contribution in [3.8, 4) is 0 Å². The Labute approximate surface area is 92.0 Å². The number of carbonyl (C=O) groups is 2. The number of nitrogens with one attached hydrogen (secondary N) is 1. The van der Waals surface area contributed by atoms with E-state index < -0.39 is 0 Å². The van der Waals surface area contributed by atoms with E-state index in [2.05, 4.69) is 10.5 Å². The summed E-state index contributed by atoms with van der Waals surface area (Å²) in [7, 11) is 0. The molecule has 80 valence electrons. The molecule has 4 nitrogen and oxygen atoms in total. The fourth-order valence-corrected chi connectivity index (χ4v) is 1.54. The summed E-state index contributed by atoms with van der Waals surface area (Å²) in [5.74, 6) is -0.357. The third kappa shape index (κ3) is 4.03. The van der Waals surface area contributed by atoms with Gasteiger partial charge in [0.15, 0.2) is 5.78 Å². The van der Waals surface area contributed by atoms with Crippen LogP contribution in [-0.2, 0) is 16.0 Å². The van der Waals surface area contributed by atoms with E-state index in [1.807, 2.05) is 17.5 Å². The molecule has 1 aromatic rings. The first-order valence-electron chi connectivity index (χ1n) is 4.46. The third-order valence-corrected chi connectivity index (χ3v) is 2.65. The lowest BCUT2D eigenvalue weighted by molar-refractivity contribution is -0.120. The van der Waals surface area contributed by atoms with E-state index in [0.29, 0.717) is 12.1 Å². The first-order chi connectivity index (χ1) is 7.09. The number of hydrogen-bond acceptors (Lipinski definition) is 4. The fourth-order valence-electron chi connectivity index (χ4n) is 0.836. The lowest BCUT2D eigenvalue weighted by Gasteiger charge is -1.98. The molecular weight excluding hydrogens is 212 g/mol. The second-order valence-corrected chi connectivity index (χ2v) is 4.08. The van der Waals surface area contributed by atoms with E-state index in [1.165, 1.54) is 18.3 Å². The van der Waals surface area contributed by atoms with Crippen LogP contribution < -0.4 is 5.43 Å². The van der Waals surface area contributed by atoms with E-state index >= 15 is 0 Å². The zero-order valence-corrected chi connectivity index (χ0v) is 9.43. The topological polar surface area (TPSA) is 58.5 Å². The van der Waals surface area contributed by atoms with Gasteiger partial charge in [-0.15, -0.1) is 11.3 Å². The molecule has 1 rings (SSSR count). The molecule has 0 spiro atoms. The molecule has 0 atom stereocenters. The van der Waals surface area contributed by atoms with Crippen molar-refractivity contribution in [2.75, 3.05) is 0 Å². The first kappa shape index (κ1) is 11.6. The second-order valence-electron chi connectivity index (χ2n) is 3.04. The van der Waals surface area contributed by atoms with Gasteiger partial charge in [-0.2, -0.15) is 5.10 Å². The van der Waals surface area contributed by atoms with Crippen molar-refractivity contribution in [2.24, 2.45) is 5.10 Å². The van der Waals surface area contributed by atoms with Gasteiger partial charge in [-0.05, 0) is 18.4 Å². The van der Waals surface area contributed by atoms with Gasteiger partial charge >= 0.3 is 0 Å². The number of rotatable bonds is 4. The van der Waals surface area contributed by atoms with Crippen LogP contribution >= 0.6 is 11.3 Å². The quantitative estimate of drug-likeness (QED) is 0.620. The van der Waals surface area contributed by atoms with Gasteiger partial charge in [-0.25, -0.2) is 5.43 Å². The predicted octanol–water partition coefficient (Wildman–Crippen LogP) is 1.37. The lowest BCUT2D eigenvalue weighted by Crippen LogP contribution is -2.22. The van der Waals surface area contributed by atoms with Gasteiger partial charge in [0.1, 0.15) is 5.71 Å². The van der Waals surface area contributed by atoms with Crippen LogP contribution in [0.1, 0.15) is 18.7 Å². The number of Topliss-reactive ketones (excluding diaryl/α,β-unsaturated/α-hetero) is 1. The van der Waals surface area contributed by atoms with Crippen molar-refractivity contribution in [1.29, 1.82) is 0 Å². The number of hydrogen-bond donors (Lipinski definition) is 1. The Hall–Kier alpha value is -1.49. The highest BCUT2D eigenvalue weighted by atomic mass is 32.1. The zero-order chi connectivity index (χ0) is 11.3. The predicted molar refractivity (Wildman–Crippen MR) is 60.0 cm³/mol. The molecular formula is C10H12N2O2S. The summed E-state index contributed by atoms with van der Waals surface area (Å²) >= 11 is 1.52. The normalized spacial score (nSPS) is 11.2. The van der Waals surface area contributed by atoms with Crippen LogP contribution in [0.5, 0.6) is 0 Å². The van der Waals surface area contributed by atoms with Gasteiger partial charge in [0.25, 0.3) is 0 Å². The fraction of sp³-hybridized carbons (Fsp3) is 0.300. The van der Waals surface area contributed by atoms with Gasteiger partial charge in [0.05, 0.1) is 6.42 Å². The minimum absolute atomic E-state index is 0.147. The number of hydrazone groups is 1. The highest BCUT2D eigenvalue weighted by Crippen LogP contribution is 2.08. The maximum absolute atomic E-state index is 11.3. The van der Waals surface area contributed by atoms with Crippen LogP contribution in [0, 0.1) is 0 Å². The van der Waals surface area contributed by atoms with E-state index in [1.54, 1.807) is 6.92 Å². The van der Waals surface area contributed by atoms with E-state index in [-0.39, 0.29) is 11.7 Å². The minimum atomic E-state index is -0.210. The number of amides is 1. The molecule has 0 bridgehead atoms. The van der Waals surface area contributed by atoms with E-state index in [9.17, 15) is 9.59 Å². The van der Waals surface area contributed by atoms with Crippen LogP contribution in [0.2, 0.25) is 0 Å². The summed E-state index contributed by atoms with van der Waals surface area (Å²) in [5, 5.41) is 5.59. The van der Waals surface area contributed by atoms with Crippen molar-refractivity contribution >= 4 is 28.7 Å². The van der Waals surface area contributed by atoms with Crippen molar-refractivity contribution < 1.29 is 9.59 Å². The molecule has 15 heavy (non-hydrogen) atoms. The Morgan fingerprint density at radius 3 is 2.73 bits per heavy atom. The Bertz CT molecular complexity index is 382. The van der Waals surface area contributed by atoms with Crippen LogP contribution in [0.15, 0.2) is 22.6 Å². The molecule has 0 unspecified atom stereocenters. The van der Waals surface area contributed by atoms with Crippen molar-refractivity contribution in [1.82, 2.24) is 5.43 Å². The smallest absolute Gasteiger partial charge is 0.245 e. The SMILES string of the molecule is CC(=O)C(C)=NNC(=O)Cc1cccs1. The van der Waals surface area contributed by atoms with Gasteiger partial charge < -0.3 is 0 Å².